The van der Waals surface area contributed by atoms with Gasteiger partial charge in [0, 0.05) is 30.9 Å². The van der Waals surface area contributed by atoms with E-state index in [0.717, 1.165) is 6.42 Å². The number of nitrogens with zero attached hydrogens (tertiary/aromatic N) is 3. The van der Waals surface area contributed by atoms with Crippen molar-refractivity contribution in [2.24, 2.45) is 11.8 Å². The second-order valence-corrected chi connectivity index (χ2v) is 12.0. The maximum atomic E-state index is 14.1. The van der Waals surface area contributed by atoms with E-state index in [-0.39, 0.29) is 30.4 Å². The maximum absolute atomic E-state index is 14.1. The van der Waals surface area contributed by atoms with Gasteiger partial charge in [-0.15, -0.1) is 24.9 Å². The van der Waals surface area contributed by atoms with Crippen molar-refractivity contribution >= 4 is 29.5 Å². The standard InChI is InChI=1S/C25H39N3O4S/c1-8-13-26(7)21(30)18-19-22(31)28(17(10-3)15-29)20(23(32)27(14-9-2)16(4)5)25(19)12-11-24(18,6)33-25/h8-9,16-20,29H,1-2,10-15H2,3-7H3/t17-,18-,19-,20?,24+,25?/m0/s1. The molecular formula is C25H39N3O4S. The van der Waals surface area contributed by atoms with Crippen molar-refractivity contribution in [3.05, 3.63) is 25.3 Å². The van der Waals surface area contributed by atoms with Crippen molar-refractivity contribution in [1.82, 2.24) is 14.7 Å². The lowest BCUT2D eigenvalue weighted by atomic mass is 9.66. The topological polar surface area (TPSA) is 81.2 Å². The molecule has 0 saturated carbocycles. The molecule has 0 radical (unpaired) electrons. The quantitative estimate of drug-likeness (QED) is 0.489. The van der Waals surface area contributed by atoms with Crippen LogP contribution in [0.25, 0.3) is 0 Å². The number of hydrogen-bond acceptors (Lipinski definition) is 5. The van der Waals surface area contributed by atoms with E-state index in [1.807, 2.05) is 20.8 Å². The highest BCUT2D eigenvalue weighted by molar-refractivity contribution is 8.02. The first kappa shape index (κ1) is 25.8. The maximum Gasteiger partial charge on any atom is 0.247 e. The summed E-state index contributed by atoms with van der Waals surface area (Å²) in [5, 5.41) is 10.1. The number of fused-ring (bicyclic) bond motifs is 1. The molecule has 0 aliphatic carbocycles. The lowest BCUT2D eigenvalue weighted by Gasteiger charge is -2.40. The molecule has 0 aromatic heterocycles. The zero-order valence-electron chi connectivity index (χ0n) is 20.6. The molecule has 1 spiro atoms. The molecule has 0 aromatic rings. The summed E-state index contributed by atoms with van der Waals surface area (Å²) in [5.41, 5.74) is 0. The van der Waals surface area contributed by atoms with Gasteiger partial charge in [-0.2, -0.15) is 0 Å². The molecule has 8 heteroatoms. The number of rotatable bonds is 10. The van der Waals surface area contributed by atoms with Crippen LogP contribution in [0.3, 0.4) is 0 Å². The Kier molecular flexibility index (Phi) is 7.39. The molecule has 1 N–H and O–H groups in total. The summed E-state index contributed by atoms with van der Waals surface area (Å²) in [6.45, 7) is 16.0. The summed E-state index contributed by atoms with van der Waals surface area (Å²) in [5.74, 6) is -1.43. The Morgan fingerprint density at radius 1 is 1.24 bits per heavy atom. The molecule has 2 unspecified atom stereocenters. The summed E-state index contributed by atoms with van der Waals surface area (Å²) >= 11 is 1.66. The van der Waals surface area contributed by atoms with Crippen LogP contribution in [0.1, 0.15) is 47.0 Å². The summed E-state index contributed by atoms with van der Waals surface area (Å²) in [6, 6.07) is -1.23. The molecule has 0 aromatic carbocycles. The number of aliphatic hydroxyl groups excluding tert-OH is 1. The van der Waals surface area contributed by atoms with Gasteiger partial charge in [0.05, 0.1) is 29.2 Å². The van der Waals surface area contributed by atoms with Gasteiger partial charge in [0.15, 0.2) is 0 Å². The lowest BCUT2D eigenvalue weighted by Crippen LogP contribution is -2.58. The number of aliphatic hydroxyl groups is 1. The zero-order valence-corrected chi connectivity index (χ0v) is 21.4. The van der Waals surface area contributed by atoms with Crippen LogP contribution in [0, 0.1) is 11.8 Å². The Morgan fingerprint density at radius 3 is 2.39 bits per heavy atom. The van der Waals surface area contributed by atoms with Gasteiger partial charge in [-0.05, 0) is 40.0 Å². The Morgan fingerprint density at radius 2 is 1.88 bits per heavy atom. The molecule has 3 heterocycles. The third kappa shape index (κ3) is 3.83. The molecule has 3 saturated heterocycles. The van der Waals surface area contributed by atoms with E-state index in [4.69, 9.17) is 0 Å². The molecule has 184 valence electrons. The second kappa shape index (κ2) is 9.45. The highest BCUT2D eigenvalue weighted by atomic mass is 32.2. The molecule has 3 fully saturated rings. The minimum absolute atomic E-state index is 0.0625. The van der Waals surface area contributed by atoms with Crippen LogP contribution in [0.2, 0.25) is 0 Å². The van der Waals surface area contributed by atoms with Gasteiger partial charge >= 0.3 is 0 Å². The van der Waals surface area contributed by atoms with Crippen LogP contribution in [0.5, 0.6) is 0 Å². The van der Waals surface area contributed by atoms with Crippen molar-refractivity contribution in [3.8, 4) is 0 Å². The largest absolute Gasteiger partial charge is 0.394 e. The van der Waals surface area contributed by atoms with Crippen LogP contribution in [-0.4, -0.2) is 91.9 Å². The number of carbonyl (C=O) groups excluding carboxylic acids is 3. The van der Waals surface area contributed by atoms with E-state index in [2.05, 4.69) is 20.1 Å². The second-order valence-electron chi connectivity index (χ2n) is 10.1. The van der Waals surface area contributed by atoms with E-state index < -0.39 is 33.4 Å². The van der Waals surface area contributed by atoms with Crippen molar-refractivity contribution in [2.45, 2.75) is 74.6 Å². The molecule has 7 nitrogen and oxygen atoms in total. The fourth-order valence-electron chi connectivity index (χ4n) is 6.20. The first-order valence-corrected chi connectivity index (χ1v) is 12.8. The Bertz CT molecular complexity index is 828. The summed E-state index contributed by atoms with van der Waals surface area (Å²) in [7, 11) is 1.74. The first-order valence-electron chi connectivity index (χ1n) is 11.9. The highest BCUT2D eigenvalue weighted by Gasteiger charge is 2.77. The van der Waals surface area contributed by atoms with Crippen molar-refractivity contribution in [1.29, 1.82) is 0 Å². The van der Waals surface area contributed by atoms with Crippen molar-refractivity contribution in [3.63, 3.8) is 0 Å². The lowest BCUT2D eigenvalue weighted by molar-refractivity contribution is -0.147. The van der Waals surface area contributed by atoms with Crippen molar-refractivity contribution in [2.75, 3.05) is 26.7 Å². The molecule has 3 amide bonds. The van der Waals surface area contributed by atoms with Crippen LogP contribution >= 0.6 is 11.8 Å². The minimum Gasteiger partial charge on any atom is -0.394 e. The number of hydrogen-bond donors (Lipinski definition) is 1. The summed E-state index contributed by atoms with van der Waals surface area (Å²) in [4.78, 5) is 46.8. The molecule has 3 rings (SSSR count). The number of likely N-dealkylation sites (N-methyl/N-ethyl adjacent to an activating group) is 1. The number of thioether (sulfide) groups is 1. The predicted molar refractivity (Wildman–Crippen MR) is 132 cm³/mol. The van der Waals surface area contributed by atoms with E-state index in [9.17, 15) is 19.5 Å². The molecular weight excluding hydrogens is 438 g/mol. The van der Waals surface area contributed by atoms with Gasteiger partial charge in [-0.3, -0.25) is 14.4 Å². The average Bonchev–Trinajstić information content (AvgIpc) is 3.33. The normalized spacial score (nSPS) is 33.2. The molecule has 3 aliphatic heterocycles. The van der Waals surface area contributed by atoms with E-state index in [0.29, 0.717) is 25.9 Å². The van der Waals surface area contributed by atoms with E-state index >= 15 is 0 Å². The number of amides is 3. The SMILES string of the molecule is C=CCN(C)C(=O)[C@@H]1[C@H]2C(=O)N([C@@H](CC)CO)C(C(=O)N(CC=C)C(C)C)C23CC[C@@]1(C)S3. The first-order chi connectivity index (χ1) is 15.5. The monoisotopic (exact) mass is 477 g/mol. The highest BCUT2D eigenvalue weighted by Crippen LogP contribution is 2.71. The Hall–Kier alpha value is -1.80. The minimum atomic E-state index is -0.705. The summed E-state index contributed by atoms with van der Waals surface area (Å²) in [6.07, 6.45) is 5.40. The van der Waals surface area contributed by atoms with Crippen LogP contribution in [0.15, 0.2) is 25.3 Å². The zero-order chi connectivity index (χ0) is 24.7. The fraction of sp³-hybridized carbons (Fsp3) is 0.720. The Balaban J connectivity index is 2.14. The van der Waals surface area contributed by atoms with Gasteiger partial charge in [-0.25, -0.2) is 0 Å². The van der Waals surface area contributed by atoms with E-state index in [1.165, 1.54) is 0 Å². The number of carbonyl (C=O) groups is 3. The van der Waals surface area contributed by atoms with Gasteiger partial charge in [-0.1, -0.05) is 19.1 Å². The summed E-state index contributed by atoms with van der Waals surface area (Å²) < 4.78 is -1.07. The number of likely N-dealkylation sites (tertiary alicyclic amines) is 1. The van der Waals surface area contributed by atoms with Crippen LogP contribution in [0.4, 0.5) is 0 Å². The Labute approximate surface area is 202 Å². The predicted octanol–water partition coefficient (Wildman–Crippen LogP) is 2.31. The average molecular weight is 478 g/mol. The fourth-order valence-corrected chi connectivity index (χ4v) is 8.53. The van der Waals surface area contributed by atoms with E-state index in [1.54, 1.807) is 45.7 Å². The molecule has 33 heavy (non-hydrogen) atoms. The molecule has 3 aliphatic rings. The third-order valence-electron chi connectivity index (χ3n) is 7.80. The van der Waals surface area contributed by atoms with Gasteiger partial charge in [0.25, 0.3) is 0 Å². The molecule has 6 atom stereocenters. The third-order valence-corrected chi connectivity index (χ3v) is 9.79. The van der Waals surface area contributed by atoms with Crippen LogP contribution in [-0.2, 0) is 14.4 Å². The van der Waals surface area contributed by atoms with Crippen LogP contribution < -0.4 is 0 Å². The van der Waals surface area contributed by atoms with Gasteiger partial charge in [0.2, 0.25) is 17.7 Å². The smallest absolute Gasteiger partial charge is 0.247 e. The molecule has 2 bridgehead atoms. The van der Waals surface area contributed by atoms with Crippen molar-refractivity contribution < 1.29 is 19.5 Å². The van der Waals surface area contributed by atoms with Gasteiger partial charge < -0.3 is 19.8 Å². The van der Waals surface area contributed by atoms with Gasteiger partial charge in [0.1, 0.15) is 6.04 Å².